The van der Waals surface area contributed by atoms with Gasteiger partial charge in [0.05, 0.1) is 0 Å². The minimum atomic E-state index is -0.794. The minimum absolute atomic E-state index is 0.168. The number of hydrogen-bond acceptors (Lipinski definition) is 7. The lowest BCUT2D eigenvalue weighted by molar-refractivity contribution is 0.672. The van der Waals surface area contributed by atoms with Crippen LogP contribution in [0.5, 0.6) is 0 Å². The third kappa shape index (κ3) is 4.52. The zero-order valence-electron chi connectivity index (χ0n) is 12.9. The van der Waals surface area contributed by atoms with Gasteiger partial charge in [0.2, 0.25) is 17.8 Å². The van der Waals surface area contributed by atoms with Crippen molar-refractivity contribution < 1.29 is 4.21 Å². The van der Waals surface area contributed by atoms with Gasteiger partial charge in [-0.1, -0.05) is 6.92 Å². The van der Waals surface area contributed by atoms with Crippen LogP contribution in [0.2, 0.25) is 0 Å². The van der Waals surface area contributed by atoms with Crippen molar-refractivity contribution in [3.8, 4) is 0 Å². The normalized spacial score (nSPS) is 17.6. The zero-order valence-corrected chi connectivity index (χ0v) is 13.7. The molecule has 2 unspecified atom stereocenters. The second-order valence-corrected chi connectivity index (χ2v) is 7.05. The highest BCUT2D eigenvalue weighted by atomic mass is 32.2. The summed E-state index contributed by atoms with van der Waals surface area (Å²) in [6, 6.07) is 0. The lowest BCUT2D eigenvalue weighted by Gasteiger charge is -2.17. The Morgan fingerprint density at radius 1 is 1.24 bits per heavy atom. The number of aromatic nitrogens is 3. The van der Waals surface area contributed by atoms with Crippen LogP contribution in [0.4, 0.5) is 17.8 Å². The van der Waals surface area contributed by atoms with Crippen LogP contribution in [0, 0.1) is 0 Å². The molecule has 1 aliphatic rings. The number of nitrogens with one attached hydrogen (secondary N) is 2. The molecular weight excluding hydrogens is 288 g/mol. The van der Waals surface area contributed by atoms with E-state index in [0.717, 1.165) is 25.5 Å². The smallest absolute Gasteiger partial charge is 0.231 e. The molecular formula is C13H24N6OS. The number of hydrogen-bond donors (Lipinski definition) is 2. The number of anilines is 3. The van der Waals surface area contributed by atoms with E-state index in [4.69, 9.17) is 0 Å². The van der Waals surface area contributed by atoms with E-state index in [1.54, 1.807) is 13.3 Å². The molecule has 2 N–H and O–H groups in total. The highest BCUT2D eigenvalue weighted by molar-refractivity contribution is 7.84. The van der Waals surface area contributed by atoms with Crippen molar-refractivity contribution in [3.05, 3.63) is 0 Å². The Labute approximate surface area is 128 Å². The molecule has 1 aliphatic heterocycles. The molecule has 1 fully saturated rings. The predicted octanol–water partition coefficient (Wildman–Crippen LogP) is 1.08. The summed E-state index contributed by atoms with van der Waals surface area (Å²) in [5, 5.41) is 6.34. The average molecular weight is 312 g/mol. The Morgan fingerprint density at radius 2 is 1.90 bits per heavy atom. The summed E-state index contributed by atoms with van der Waals surface area (Å²) in [7, 11) is 1.01. The molecule has 8 heteroatoms. The molecule has 0 amide bonds. The summed E-state index contributed by atoms with van der Waals surface area (Å²) < 4.78 is 11.3. The van der Waals surface area contributed by atoms with Gasteiger partial charge in [0.15, 0.2) is 0 Å². The molecule has 1 aromatic heterocycles. The Hall–Kier alpha value is -1.44. The van der Waals surface area contributed by atoms with Gasteiger partial charge < -0.3 is 15.5 Å². The van der Waals surface area contributed by atoms with E-state index in [2.05, 4.69) is 30.5 Å². The van der Waals surface area contributed by atoms with Crippen LogP contribution >= 0.6 is 0 Å². The fourth-order valence-corrected chi connectivity index (χ4v) is 2.62. The summed E-state index contributed by atoms with van der Waals surface area (Å²) in [4.78, 5) is 15.4. The van der Waals surface area contributed by atoms with Crippen molar-refractivity contribution in [3.63, 3.8) is 0 Å². The van der Waals surface area contributed by atoms with Crippen molar-refractivity contribution >= 4 is 28.6 Å². The van der Waals surface area contributed by atoms with Gasteiger partial charge in [-0.3, -0.25) is 4.21 Å². The van der Waals surface area contributed by atoms with Gasteiger partial charge >= 0.3 is 0 Å². The highest BCUT2D eigenvalue weighted by Gasteiger charge is 2.17. The summed E-state index contributed by atoms with van der Waals surface area (Å²) >= 11 is 0. The van der Waals surface area contributed by atoms with Crippen LogP contribution in [0.1, 0.15) is 26.2 Å². The zero-order chi connectivity index (χ0) is 15.2. The monoisotopic (exact) mass is 312 g/mol. The summed E-state index contributed by atoms with van der Waals surface area (Å²) in [5.74, 6) is 1.87. The van der Waals surface area contributed by atoms with Crippen LogP contribution in [0.25, 0.3) is 0 Å². The predicted molar refractivity (Wildman–Crippen MR) is 87.5 cm³/mol. The summed E-state index contributed by atoms with van der Waals surface area (Å²) in [5.41, 5.74) is 0. The second kappa shape index (κ2) is 7.53. The number of rotatable bonds is 7. The lowest BCUT2D eigenvalue weighted by atomic mass is 10.3. The largest absolute Gasteiger partial charge is 0.357 e. The molecule has 0 spiro atoms. The van der Waals surface area contributed by atoms with Crippen LogP contribution in [0.3, 0.4) is 0 Å². The fourth-order valence-electron chi connectivity index (χ4n) is 2.17. The Balaban J connectivity index is 2.01. The van der Waals surface area contributed by atoms with Gasteiger partial charge in [-0.2, -0.15) is 15.0 Å². The van der Waals surface area contributed by atoms with E-state index in [-0.39, 0.29) is 5.25 Å². The SMILES string of the molecule is CNc1nc(NCCC(C)S(C)=O)nc(N2CCCC2)n1. The summed E-state index contributed by atoms with van der Waals surface area (Å²) in [6.07, 6.45) is 4.92. The van der Waals surface area contributed by atoms with Crippen LogP contribution < -0.4 is 15.5 Å². The van der Waals surface area contributed by atoms with Crippen LogP contribution in [0.15, 0.2) is 0 Å². The van der Waals surface area contributed by atoms with E-state index in [1.165, 1.54) is 12.8 Å². The first-order valence-corrected chi connectivity index (χ1v) is 8.97. The van der Waals surface area contributed by atoms with Gasteiger partial charge in [-0.05, 0) is 19.3 Å². The van der Waals surface area contributed by atoms with Crippen LogP contribution in [-0.2, 0) is 10.8 Å². The molecule has 2 atom stereocenters. The van der Waals surface area contributed by atoms with Crippen LogP contribution in [-0.4, -0.2) is 57.3 Å². The van der Waals surface area contributed by atoms with Gasteiger partial charge in [-0.15, -0.1) is 0 Å². The molecule has 0 bridgehead atoms. The first-order chi connectivity index (χ1) is 10.1. The molecule has 2 heterocycles. The highest BCUT2D eigenvalue weighted by Crippen LogP contribution is 2.18. The van der Waals surface area contributed by atoms with Crippen molar-refractivity contribution in [1.29, 1.82) is 0 Å². The van der Waals surface area contributed by atoms with Gasteiger partial charge in [0, 0.05) is 49.0 Å². The fraction of sp³-hybridized carbons (Fsp3) is 0.769. The first kappa shape index (κ1) is 15.9. The molecule has 0 aromatic carbocycles. The van der Waals surface area contributed by atoms with E-state index >= 15 is 0 Å². The molecule has 0 aliphatic carbocycles. The average Bonchev–Trinajstić information content (AvgIpc) is 3.01. The Morgan fingerprint density at radius 3 is 2.52 bits per heavy atom. The van der Waals surface area contributed by atoms with E-state index < -0.39 is 10.8 Å². The van der Waals surface area contributed by atoms with E-state index in [9.17, 15) is 4.21 Å². The molecule has 1 aromatic rings. The standard InChI is InChI=1S/C13H24N6OS/c1-10(21(3)20)6-7-15-12-16-11(14-2)17-13(18-12)19-8-4-5-9-19/h10H,4-9H2,1-3H3,(H2,14,15,16,17,18). The Bertz CT molecular complexity index is 492. The van der Waals surface area contributed by atoms with Crippen molar-refractivity contribution in [2.24, 2.45) is 0 Å². The Kier molecular flexibility index (Phi) is 5.72. The maximum absolute atomic E-state index is 11.3. The quantitative estimate of drug-likeness (QED) is 0.779. The van der Waals surface area contributed by atoms with E-state index in [0.29, 0.717) is 18.4 Å². The molecule has 0 saturated carbocycles. The maximum atomic E-state index is 11.3. The van der Waals surface area contributed by atoms with Crippen molar-refractivity contribution in [2.75, 3.05) is 48.5 Å². The minimum Gasteiger partial charge on any atom is -0.357 e. The van der Waals surface area contributed by atoms with Gasteiger partial charge in [0.1, 0.15) is 0 Å². The van der Waals surface area contributed by atoms with E-state index in [1.807, 2.05) is 6.92 Å². The first-order valence-electron chi connectivity index (χ1n) is 7.35. The molecule has 21 heavy (non-hydrogen) atoms. The third-order valence-electron chi connectivity index (χ3n) is 3.64. The summed E-state index contributed by atoms with van der Waals surface area (Å²) in [6.45, 7) is 4.68. The lowest BCUT2D eigenvalue weighted by Crippen LogP contribution is -2.22. The molecule has 118 valence electrons. The molecule has 1 saturated heterocycles. The van der Waals surface area contributed by atoms with Crippen molar-refractivity contribution in [1.82, 2.24) is 15.0 Å². The maximum Gasteiger partial charge on any atom is 0.231 e. The third-order valence-corrected chi connectivity index (χ3v) is 5.01. The second-order valence-electron chi connectivity index (χ2n) is 5.25. The molecule has 0 radical (unpaired) electrons. The molecule has 2 rings (SSSR count). The topological polar surface area (TPSA) is 83.0 Å². The van der Waals surface area contributed by atoms with Gasteiger partial charge in [-0.25, -0.2) is 0 Å². The molecule has 7 nitrogen and oxygen atoms in total. The number of nitrogens with zero attached hydrogens (tertiary/aromatic N) is 4. The van der Waals surface area contributed by atoms with Gasteiger partial charge in [0.25, 0.3) is 0 Å². The van der Waals surface area contributed by atoms with Crippen molar-refractivity contribution in [2.45, 2.75) is 31.4 Å².